The second-order valence-electron chi connectivity index (χ2n) is 4.87. The van der Waals surface area contributed by atoms with Crippen LogP contribution in [0, 0.1) is 0 Å². The fraction of sp³-hybridized carbons (Fsp3) is 1.00. The third-order valence-corrected chi connectivity index (χ3v) is 3.34. The number of ether oxygens (including phenoxy) is 3. The van der Waals surface area contributed by atoms with Crippen molar-refractivity contribution in [1.29, 1.82) is 0 Å². The van der Waals surface area contributed by atoms with Crippen LogP contribution in [0.4, 0.5) is 0 Å². The highest BCUT2D eigenvalue weighted by molar-refractivity contribution is 4.77. The van der Waals surface area contributed by atoms with Gasteiger partial charge in [0.15, 0.2) is 0 Å². The third kappa shape index (κ3) is 7.31. The van der Waals surface area contributed by atoms with E-state index in [2.05, 4.69) is 12.2 Å². The molecule has 0 aromatic carbocycles. The summed E-state index contributed by atoms with van der Waals surface area (Å²) in [6, 6.07) is 0.659. The molecule has 4 heteroatoms. The van der Waals surface area contributed by atoms with Crippen molar-refractivity contribution in [2.45, 2.75) is 51.2 Å². The first-order valence-corrected chi connectivity index (χ1v) is 7.28. The Hall–Kier alpha value is -0.160. The molecule has 2 unspecified atom stereocenters. The second-order valence-corrected chi connectivity index (χ2v) is 4.87. The van der Waals surface area contributed by atoms with E-state index in [0.717, 1.165) is 26.2 Å². The maximum Gasteiger partial charge on any atom is 0.0700 e. The van der Waals surface area contributed by atoms with Crippen LogP contribution in [0.15, 0.2) is 0 Å². The molecule has 1 N–H and O–H groups in total. The van der Waals surface area contributed by atoms with Crippen molar-refractivity contribution in [1.82, 2.24) is 5.32 Å². The minimum Gasteiger partial charge on any atom is -0.382 e. The summed E-state index contributed by atoms with van der Waals surface area (Å²) in [5, 5.41) is 3.52. The molecule has 0 saturated heterocycles. The largest absolute Gasteiger partial charge is 0.382 e. The molecular weight excluding hydrogens is 230 g/mol. The Morgan fingerprint density at radius 1 is 1.11 bits per heavy atom. The molecule has 0 spiro atoms. The first-order chi connectivity index (χ1) is 8.86. The van der Waals surface area contributed by atoms with Crippen LogP contribution in [0.25, 0.3) is 0 Å². The van der Waals surface area contributed by atoms with Crippen molar-refractivity contribution in [3.63, 3.8) is 0 Å². The van der Waals surface area contributed by atoms with Crippen molar-refractivity contribution in [2.24, 2.45) is 0 Å². The average Bonchev–Trinajstić information content (AvgIpc) is 2.39. The van der Waals surface area contributed by atoms with Gasteiger partial charge in [-0.05, 0) is 38.6 Å². The van der Waals surface area contributed by atoms with E-state index in [1.54, 1.807) is 7.11 Å². The van der Waals surface area contributed by atoms with Crippen LogP contribution >= 0.6 is 0 Å². The van der Waals surface area contributed by atoms with Crippen molar-refractivity contribution >= 4 is 0 Å². The van der Waals surface area contributed by atoms with E-state index in [9.17, 15) is 0 Å². The van der Waals surface area contributed by atoms with Gasteiger partial charge in [-0.2, -0.15) is 0 Å². The van der Waals surface area contributed by atoms with E-state index in [4.69, 9.17) is 14.2 Å². The van der Waals surface area contributed by atoms with E-state index in [0.29, 0.717) is 25.4 Å². The summed E-state index contributed by atoms with van der Waals surface area (Å²) in [6.07, 6.45) is 6.39. The SMILES string of the molecule is CCNC1CCCC(OCCCOCCOC)C1. The van der Waals surface area contributed by atoms with Crippen LogP contribution in [-0.4, -0.2) is 52.2 Å². The van der Waals surface area contributed by atoms with E-state index in [-0.39, 0.29) is 0 Å². The van der Waals surface area contributed by atoms with Gasteiger partial charge in [-0.1, -0.05) is 6.92 Å². The molecule has 1 rings (SSSR count). The Morgan fingerprint density at radius 2 is 2.00 bits per heavy atom. The molecule has 0 heterocycles. The lowest BCUT2D eigenvalue weighted by molar-refractivity contribution is 0.00259. The summed E-state index contributed by atoms with van der Waals surface area (Å²) in [5.41, 5.74) is 0. The zero-order chi connectivity index (χ0) is 13.1. The molecular formula is C14H29NO3. The molecule has 1 aliphatic carbocycles. The summed E-state index contributed by atoms with van der Waals surface area (Å²) < 4.78 is 16.2. The van der Waals surface area contributed by atoms with Crippen LogP contribution in [0.3, 0.4) is 0 Å². The van der Waals surface area contributed by atoms with Crippen molar-refractivity contribution < 1.29 is 14.2 Å². The van der Waals surface area contributed by atoms with Gasteiger partial charge in [-0.15, -0.1) is 0 Å². The Balaban J connectivity index is 1.94. The number of hydrogen-bond donors (Lipinski definition) is 1. The fourth-order valence-electron chi connectivity index (χ4n) is 2.43. The summed E-state index contributed by atoms with van der Waals surface area (Å²) in [6.45, 7) is 6.17. The van der Waals surface area contributed by atoms with Gasteiger partial charge in [0.25, 0.3) is 0 Å². The smallest absolute Gasteiger partial charge is 0.0700 e. The molecule has 0 bridgehead atoms. The third-order valence-electron chi connectivity index (χ3n) is 3.34. The zero-order valence-corrected chi connectivity index (χ0v) is 12.0. The fourth-order valence-corrected chi connectivity index (χ4v) is 2.43. The first-order valence-electron chi connectivity index (χ1n) is 7.28. The van der Waals surface area contributed by atoms with E-state index < -0.39 is 0 Å². The van der Waals surface area contributed by atoms with E-state index >= 15 is 0 Å². The zero-order valence-electron chi connectivity index (χ0n) is 12.0. The average molecular weight is 259 g/mol. The number of nitrogens with one attached hydrogen (secondary N) is 1. The summed E-state index contributed by atoms with van der Waals surface area (Å²) in [5.74, 6) is 0. The number of methoxy groups -OCH3 is 1. The molecule has 108 valence electrons. The van der Waals surface area contributed by atoms with Crippen LogP contribution in [0.5, 0.6) is 0 Å². The topological polar surface area (TPSA) is 39.7 Å². The normalized spacial score (nSPS) is 24.3. The van der Waals surface area contributed by atoms with Gasteiger partial charge in [-0.3, -0.25) is 0 Å². The Labute approximate surface area is 111 Å². The number of rotatable bonds is 10. The maximum atomic E-state index is 5.91. The lowest BCUT2D eigenvalue weighted by Gasteiger charge is -2.29. The summed E-state index contributed by atoms with van der Waals surface area (Å²) in [7, 11) is 1.69. The minimum atomic E-state index is 0.446. The monoisotopic (exact) mass is 259 g/mol. The van der Waals surface area contributed by atoms with Crippen molar-refractivity contribution in [3.8, 4) is 0 Å². The second kappa shape index (κ2) is 10.7. The van der Waals surface area contributed by atoms with Crippen molar-refractivity contribution in [2.75, 3.05) is 40.1 Å². The highest BCUT2D eigenvalue weighted by Gasteiger charge is 2.21. The summed E-state index contributed by atoms with van der Waals surface area (Å²) >= 11 is 0. The quantitative estimate of drug-likeness (QED) is 0.609. The van der Waals surface area contributed by atoms with Crippen LogP contribution in [0.2, 0.25) is 0 Å². The van der Waals surface area contributed by atoms with Crippen molar-refractivity contribution in [3.05, 3.63) is 0 Å². The summed E-state index contributed by atoms with van der Waals surface area (Å²) in [4.78, 5) is 0. The molecule has 0 radical (unpaired) electrons. The molecule has 1 fully saturated rings. The Morgan fingerprint density at radius 3 is 2.78 bits per heavy atom. The van der Waals surface area contributed by atoms with Gasteiger partial charge in [0.05, 0.1) is 19.3 Å². The van der Waals surface area contributed by atoms with E-state index in [1.807, 2.05) is 0 Å². The van der Waals surface area contributed by atoms with Gasteiger partial charge >= 0.3 is 0 Å². The first kappa shape index (κ1) is 15.9. The minimum absolute atomic E-state index is 0.446. The van der Waals surface area contributed by atoms with Crippen LogP contribution in [0.1, 0.15) is 39.0 Å². The molecule has 0 aromatic rings. The highest BCUT2D eigenvalue weighted by atomic mass is 16.5. The Kier molecular flexibility index (Phi) is 9.48. The molecule has 4 nitrogen and oxygen atoms in total. The van der Waals surface area contributed by atoms with Gasteiger partial charge in [0.2, 0.25) is 0 Å². The standard InChI is InChI=1S/C14H29NO3/c1-3-15-13-6-4-7-14(12-13)18-9-5-8-17-11-10-16-2/h13-15H,3-12H2,1-2H3. The molecule has 1 aliphatic rings. The Bertz CT molecular complexity index is 188. The van der Waals surface area contributed by atoms with Gasteiger partial charge < -0.3 is 19.5 Å². The molecule has 2 atom stereocenters. The van der Waals surface area contributed by atoms with Gasteiger partial charge in [0, 0.05) is 26.4 Å². The molecule has 18 heavy (non-hydrogen) atoms. The van der Waals surface area contributed by atoms with E-state index in [1.165, 1.54) is 25.7 Å². The predicted octanol–water partition coefficient (Wildman–Crippen LogP) is 1.98. The molecule has 0 aliphatic heterocycles. The molecule has 0 amide bonds. The lowest BCUT2D eigenvalue weighted by atomic mass is 9.93. The van der Waals surface area contributed by atoms with Gasteiger partial charge in [0.1, 0.15) is 0 Å². The highest BCUT2D eigenvalue weighted by Crippen LogP contribution is 2.21. The van der Waals surface area contributed by atoms with Crippen LogP contribution < -0.4 is 5.32 Å². The van der Waals surface area contributed by atoms with Crippen LogP contribution in [-0.2, 0) is 14.2 Å². The predicted molar refractivity (Wildman–Crippen MR) is 73.0 cm³/mol. The number of hydrogen-bond acceptors (Lipinski definition) is 4. The molecule has 0 aromatic heterocycles. The maximum absolute atomic E-state index is 5.91. The lowest BCUT2D eigenvalue weighted by Crippen LogP contribution is -2.37. The van der Waals surface area contributed by atoms with Gasteiger partial charge in [-0.25, -0.2) is 0 Å². The molecule has 1 saturated carbocycles.